The predicted molar refractivity (Wildman–Crippen MR) is 109 cm³/mol. The zero-order valence-corrected chi connectivity index (χ0v) is 16.8. The summed E-state index contributed by atoms with van der Waals surface area (Å²) in [6.07, 6.45) is 8.80. The second-order valence-corrected chi connectivity index (χ2v) is 7.51. The van der Waals surface area contributed by atoms with E-state index in [-0.39, 0.29) is 6.09 Å². The molecule has 148 valence electrons. The van der Waals surface area contributed by atoms with Gasteiger partial charge in [0.1, 0.15) is 0 Å². The van der Waals surface area contributed by atoms with Crippen LogP contribution in [0.1, 0.15) is 43.6 Å². The Bertz CT molecular complexity index is 894. The number of ether oxygens (including phenoxy) is 1. The molecule has 0 bridgehead atoms. The van der Waals surface area contributed by atoms with Gasteiger partial charge in [-0.25, -0.2) is 4.79 Å². The quantitative estimate of drug-likeness (QED) is 0.814. The number of fused-ring (bicyclic) bond motifs is 1. The van der Waals surface area contributed by atoms with Gasteiger partial charge in [-0.3, -0.25) is 9.67 Å². The molecule has 1 amide bonds. The minimum absolute atomic E-state index is 0.216. The first-order valence-corrected chi connectivity index (χ1v) is 9.96. The lowest BCUT2D eigenvalue weighted by molar-refractivity contribution is 0.105. The normalized spacial score (nSPS) is 16.4. The van der Waals surface area contributed by atoms with Gasteiger partial charge in [-0.05, 0) is 38.5 Å². The molecule has 28 heavy (non-hydrogen) atoms. The lowest BCUT2D eigenvalue weighted by atomic mass is 10.1. The first-order chi connectivity index (χ1) is 13.6. The van der Waals surface area contributed by atoms with Gasteiger partial charge in [0.2, 0.25) is 0 Å². The molecule has 3 heterocycles. The second kappa shape index (κ2) is 7.66. The smallest absolute Gasteiger partial charge is 0.409 e. The van der Waals surface area contributed by atoms with Crippen molar-refractivity contribution in [1.29, 1.82) is 0 Å². The molecule has 2 aromatic rings. The van der Waals surface area contributed by atoms with E-state index < -0.39 is 0 Å². The third kappa shape index (κ3) is 3.48. The van der Waals surface area contributed by atoms with E-state index in [0.717, 1.165) is 30.8 Å². The summed E-state index contributed by atoms with van der Waals surface area (Å²) >= 11 is 0. The van der Waals surface area contributed by atoms with Gasteiger partial charge in [-0.1, -0.05) is 0 Å². The van der Waals surface area contributed by atoms with E-state index >= 15 is 0 Å². The minimum atomic E-state index is -0.216. The van der Waals surface area contributed by atoms with Crippen LogP contribution in [0.15, 0.2) is 24.7 Å². The number of aromatic nitrogens is 3. The van der Waals surface area contributed by atoms with Crippen molar-refractivity contribution in [2.75, 3.05) is 37.7 Å². The number of hydrogen-bond acceptors (Lipinski definition) is 5. The number of pyridine rings is 1. The molecule has 0 aromatic carbocycles. The fourth-order valence-electron chi connectivity index (χ4n) is 3.80. The summed E-state index contributed by atoms with van der Waals surface area (Å²) < 4.78 is 7.11. The third-order valence-electron chi connectivity index (χ3n) is 5.37. The van der Waals surface area contributed by atoms with E-state index in [0.29, 0.717) is 25.7 Å². The molecular formula is C21H27N5O2. The van der Waals surface area contributed by atoms with Crippen LogP contribution in [0.5, 0.6) is 0 Å². The van der Waals surface area contributed by atoms with Gasteiger partial charge in [0.15, 0.2) is 0 Å². The number of nitrogens with zero attached hydrogens (tertiary/aromatic N) is 5. The fraction of sp³-hybridized carbons (Fsp3) is 0.476. The van der Waals surface area contributed by atoms with Gasteiger partial charge >= 0.3 is 6.09 Å². The summed E-state index contributed by atoms with van der Waals surface area (Å²) in [5.74, 6) is 0. The van der Waals surface area contributed by atoms with E-state index in [2.05, 4.69) is 47.2 Å². The van der Waals surface area contributed by atoms with Crippen LogP contribution in [0.3, 0.4) is 0 Å². The highest BCUT2D eigenvalue weighted by Crippen LogP contribution is 2.36. The molecule has 1 fully saturated rings. The molecular weight excluding hydrogens is 354 g/mol. The van der Waals surface area contributed by atoms with Crippen molar-refractivity contribution in [3.8, 4) is 0 Å². The van der Waals surface area contributed by atoms with Crippen molar-refractivity contribution >= 4 is 23.4 Å². The third-order valence-corrected chi connectivity index (χ3v) is 5.37. The van der Waals surface area contributed by atoms with Gasteiger partial charge < -0.3 is 14.5 Å². The predicted octanol–water partition coefficient (Wildman–Crippen LogP) is 3.23. The van der Waals surface area contributed by atoms with Crippen LogP contribution >= 0.6 is 0 Å². The van der Waals surface area contributed by atoms with E-state index in [9.17, 15) is 4.79 Å². The maximum atomic E-state index is 11.9. The molecule has 2 aromatic heterocycles. The molecule has 1 aliphatic carbocycles. The number of carbonyl (C=O) groups excluding carboxylic acids is 1. The number of carbonyl (C=O) groups is 1. The molecule has 4 rings (SSSR count). The Morgan fingerprint density at radius 3 is 2.71 bits per heavy atom. The van der Waals surface area contributed by atoms with Crippen LogP contribution in [0, 0.1) is 0 Å². The summed E-state index contributed by atoms with van der Waals surface area (Å²) in [4.78, 5) is 20.7. The Kier molecular flexibility index (Phi) is 5.07. The number of rotatable bonds is 4. The van der Waals surface area contributed by atoms with Crippen molar-refractivity contribution in [1.82, 2.24) is 19.7 Å². The number of piperazine rings is 1. The second-order valence-electron chi connectivity index (χ2n) is 7.51. The highest BCUT2D eigenvalue weighted by molar-refractivity contribution is 5.91. The van der Waals surface area contributed by atoms with Crippen LogP contribution in [0.2, 0.25) is 0 Å². The van der Waals surface area contributed by atoms with Crippen LogP contribution < -0.4 is 4.90 Å². The molecule has 7 heteroatoms. The number of allylic oxidation sites excluding steroid dienone is 1. The van der Waals surface area contributed by atoms with Crippen LogP contribution in [0.25, 0.3) is 11.6 Å². The molecule has 7 nitrogen and oxygen atoms in total. The van der Waals surface area contributed by atoms with Crippen molar-refractivity contribution in [3.63, 3.8) is 0 Å². The zero-order chi connectivity index (χ0) is 19.7. The Hall–Kier alpha value is -2.83. The molecule has 0 N–H and O–H groups in total. The average molecular weight is 381 g/mol. The van der Waals surface area contributed by atoms with Crippen LogP contribution in [0.4, 0.5) is 10.5 Å². The monoisotopic (exact) mass is 381 g/mol. The SMILES string of the molecule is CCOC(=O)N1CCN(c2ccnc3c2C=C(c2cnn(C(C)C)c2)C3)CC1. The maximum Gasteiger partial charge on any atom is 0.409 e. The fourth-order valence-corrected chi connectivity index (χ4v) is 3.80. The van der Waals surface area contributed by atoms with E-state index in [1.807, 2.05) is 24.0 Å². The number of anilines is 1. The van der Waals surface area contributed by atoms with E-state index in [1.54, 1.807) is 4.90 Å². The van der Waals surface area contributed by atoms with Crippen LogP contribution in [-0.4, -0.2) is 58.5 Å². The molecule has 0 unspecified atom stereocenters. The first-order valence-electron chi connectivity index (χ1n) is 9.96. The van der Waals surface area contributed by atoms with Crippen molar-refractivity contribution < 1.29 is 9.53 Å². The lowest BCUT2D eigenvalue weighted by Crippen LogP contribution is -2.49. The summed E-state index contributed by atoms with van der Waals surface area (Å²) in [5, 5.41) is 4.47. The Morgan fingerprint density at radius 2 is 2.04 bits per heavy atom. The van der Waals surface area contributed by atoms with E-state index in [1.165, 1.54) is 16.8 Å². The van der Waals surface area contributed by atoms with Gasteiger partial charge in [0.25, 0.3) is 0 Å². The Labute approximate surface area is 165 Å². The summed E-state index contributed by atoms with van der Waals surface area (Å²) in [5.41, 5.74) is 5.91. The van der Waals surface area contributed by atoms with Gasteiger partial charge in [-0.2, -0.15) is 5.10 Å². The Morgan fingerprint density at radius 1 is 1.25 bits per heavy atom. The molecule has 0 saturated carbocycles. The van der Waals surface area contributed by atoms with E-state index in [4.69, 9.17) is 4.74 Å². The average Bonchev–Trinajstić information content (AvgIpc) is 3.35. The zero-order valence-electron chi connectivity index (χ0n) is 16.8. The number of hydrogen-bond donors (Lipinski definition) is 0. The maximum absolute atomic E-state index is 11.9. The van der Waals surface area contributed by atoms with Crippen LogP contribution in [-0.2, 0) is 11.2 Å². The standard InChI is InChI=1S/C21H27N5O2/c1-4-28-21(27)25-9-7-24(8-10-25)20-5-6-22-19-12-16(11-18(19)20)17-13-23-26(14-17)15(2)3/h5-6,11,13-15H,4,7-10,12H2,1-3H3. The minimum Gasteiger partial charge on any atom is -0.450 e. The Balaban J connectivity index is 1.52. The summed E-state index contributed by atoms with van der Waals surface area (Å²) in [6, 6.07) is 2.43. The highest BCUT2D eigenvalue weighted by Gasteiger charge is 2.26. The molecule has 2 aliphatic rings. The van der Waals surface area contributed by atoms with Crippen molar-refractivity contribution in [2.45, 2.75) is 33.2 Å². The van der Waals surface area contributed by atoms with Gasteiger partial charge in [0.05, 0.1) is 18.5 Å². The molecule has 1 aliphatic heterocycles. The molecule has 0 radical (unpaired) electrons. The highest BCUT2D eigenvalue weighted by atomic mass is 16.6. The topological polar surface area (TPSA) is 63.5 Å². The van der Waals surface area contributed by atoms with Gasteiger partial charge in [-0.15, -0.1) is 0 Å². The first kappa shape index (κ1) is 18.5. The van der Waals surface area contributed by atoms with Crippen molar-refractivity contribution in [3.05, 3.63) is 41.5 Å². The molecule has 0 spiro atoms. The molecule has 0 atom stereocenters. The number of amides is 1. The summed E-state index contributed by atoms with van der Waals surface area (Å²) in [7, 11) is 0. The summed E-state index contributed by atoms with van der Waals surface area (Å²) in [6.45, 7) is 9.45. The molecule has 1 saturated heterocycles. The largest absolute Gasteiger partial charge is 0.450 e. The lowest BCUT2D eigenvalue weighted by Gasteiger charge is -2.36. The van der Waals surface area contributed by atoms with Gasteiger partial charge in [0, 0.05) is 67.8 Å². The van der Waals surface area contributed by atoms with Crippen molar-refractivity contribution in [2.24, 2.45) is 0 Å².